The van der Waals surface area contributed by atoms with Gasteiger partial charge in [-0.2, -0.15) is 0 Å². The van der Waals surface area contributed by atoms with Gasteiger partial charge in [0.25, 0.3) is 0 Å². The minimum absolute atomic E-state index is 0.121. The van der Waals surface area contributed by atoms with Crippen LogP contribution in [0.15, 0.2) is 109 Å². The molecule has 0 aliphatic heterocycles. The summed E-state index contributed by atoms with van der Waals surface area (Å²) in [6.07, 6.45) is 52.4. The topological polar surface area (TPSA) is 119 Å². The SMILES string of the molecule is CC/C=C\C/C=C\C/C=C\C/C=C\C/C=C\CCCC(=O)OC(COC(=O)CCCCCC/C=C\C/C=C\C/C=C\C/C=C\CC)COP(=O)(O)O. The summed E-state index contributed by atoms with van der Waals surface area (Å²) in [6, 6.07) is 0. The fourth-order valence-electron chi connectivity index (χ4n) is 4.51. The van der Waals surface area contributed by atoms with E-state index >= 15 is 0 Å². The molecule has 0 aliphatic rings. The first-order chi connectivity index (χ1) is 25.3. The minimum Gasteiger partial charge on any atom is -0.462 e. The molecule has 0 saturated heterocycles. The highest BCUT2D eigenvalue weighted by Gasteiger charge is 2.22. The second-order valence-corrected chi connectivity index (χ2v) is 13.4. The van der Waals surface area contributed by atoms with Crippen LogP contribution in [0.2, 0.25) is 0 Å². The highest BCUT2D eigenvalue weighted by atomic mass is 31.2. The Balaban J connectivity index is 4.14. The van der Waals surface area contributed by atoms with Crippen molar-refractivity contribution in [3.63, 3.8) is 0 Å². The summed E-state index contributed by atoms with van der Waals surface area (Å²) < 4.78 is 26.3. The molecule has 9 heteroatoms. The molecule has 292 valence electrons. The smallest absolute Gasteiger partial charge is 0.462 e. The van der Waals surface area contributed by atoms with Gasteiger partial charge in [0.1, 0.15) is 6.61 Å². The molecule has 0 aromatic rings. The van der Waals surface area contributed by atoms with Crippen LogP contribution in [-0.2, 0) is 28.2 Å². The van der Waals surface area contributed by atoms with Crippen LogP contribution in [0.5, 0.6) is 0 Å². The largest absolute Gasteiger partial charge is 0.469 e. The zero-order valence-electron chi connectivity index (χ0n) is 31.9. The molecule has 0 bridgehead atoms. The van der Waals surface area contributed by atoms with E-state index in [1.54, 1.807) is 0 Å². The molecule has 52 heavy (non-hydrogen) atoms. The van der Waals surface area contributed by atoms with Crippen LogP contribution in [-0.4, -0.2) is 41.0 Å². The van der Waals surface area contributed by atoms with Gasteiger partial charge in [-0.1, -0.05) is 136 Å². The van der Waals surface area contributed by atoms with Gasteiger partial charge >= 0.3 is 19.8 Å². The highest BCUT2D eigenvalue weighted by Crippen LogP contribution is 2.35. The maximum atomic E-state index is 12.4. The van der Waals surface area contributed by atoms with Crippen molar-refractivity contribution in [2.24, 2.45) is 0 Å². The number of rotatable bonds is 33. The van der Waals surface area contributed by atoms with Crippen LogP contribution in [0.3, 0.4) is 0 Å². The van der Waals surface area contributed by atoms with E-state index in [4.69, 9.17) is 19.3 Å². The molecule has 0 aliphatic carbocycles. The Morgan fingerprint density at radius 3 is 1.33 bits per heavy atom. The van der Waals surface area contributed by atoms with Crippen molar-refractivity contribution < 1.29 is 37.9 Å². The van der Waals surface area contributed by atoms with Crippen molar-refractivity contribution in [3.8, 4) is 0 Å². The molecule has 1 unspecified atom stereocenters. The molecular weight excluding hydrogens is 675 g/mol. The number of phosphoric acid groups is 1. The van der Waals surface area contributed by atoms with E-state index in [0.29, 0.717) is 19.3 Å². The van der Waals surface area contributed by atoms with Gasteiger partial charge < -0.3 is 19.3 Å². The van der Waals surface area contributed by atoms with E-state index in [1.807, 2.05) is 12.2 Å². The molecular formula is C43H67O8P. The Morgan fingerprint density at radius 2 is 0.885 bits per heavy atom. The van der Waals surface area contributed by atoms with Gasteiger partial charge in [-0.05, 0) is 89.9 Å². The van der Waals surface area contributed by atoms with E-state index in [1.165, 1.54) is 0 Å². The molecule has 1 atom stereocenters. The molecule has 0 spiro atoms. The fraction of sp³-hybridized carbons (Fsp3) is 0.535. The Morgan fingerprint density at radius 1 is 0.500 bits per heavy atom. The van der Waals surface area contributed by atoms with Crippen molar-refractivity contribution in [1.29, 1.82) is 0 Å². The quantitative estimate of drug-likeness (QED) is 0.0295. The second-order valence-electron chi connectivity index (χ2n) is 12.1. The summed E-state index contributed by atoms with van der Waals surface area (Å²) in [5.41, 5.74) is 0. The average molecular weight is 743 g/mol. The summed E-state index contributed by atoms with van der Waals surface area (Å²) in [5.74, 6) is -0.995. The van der Waals surface area contributed by atoms with Gasteiger partial charge in [0.2, 0.25) is 0 Å². The number of hydrogen-bond donors (Lipinski definition) is 2. The second kappa shape index (κ2) is 37.5. The zero-order valence-corrected chi connectivity index (χ0v) is 32.8. The Bertz CT molecular complexity index is 1200. The molecule has 0 radical (unpaired) electrons. The maximum Gasteiger partial charge on any atom is 0.469 e. The van der Waals surface area contributed by atoms with Gasteiger partial charge in [-0.15, -0.1) is 0 Å². The third-order valence-electron chi connectivity index (χ3n) is 7.29. The van der Waals surface area contributed by atoms with Crippen LogP contribution in [0.1, 0.15) is 129 Å². The van der Waals surface area contributed by atoms with E-state index in [0.717, 1.165) is 83.5 Å². The molecule has 0 amide bonds. The number of esters is 2. The molecule has 0 fully saturated rings. The van der Waals surface area contributed by atoms with Crippen LogP contribution >= 0.6 is 7.82 Å². The maximum absolute atomic E-state index is 12.4. The van der Waals surface area contributed by atoms with Crippen LogP contribution < -0.4 is 0 Å². The summed E-state index contributed by atoms with van der Waals surface area (Å²) >= 11 is 0. The summed E-state index contributed by atoms with van der Waals surface area (Å²) in [4.78, 5) is 42.7. The lowest BCUT2D eigenvalue weighted by Crippen LogP contribution is -2.29. The van der Waals surface area contributed by atoms with Crippen molar-refractivity contribution in [3.05, 3.63) is 109 Å². The first-order valence-corrected chi connectivity index (χ1v) is 20.7. The summed E-state index contributed by atoms with van der Waals surface area (Å²) in [5, 5.41) is 0. The van der Waals surface area contributed by atoms with E-state index in [-0.39, 0.29) is 19.4 Å². The molecule has 0 aromatic carbocycles. The number of phosphoric ester groups is 1. The first-order valence-electron chi connectivity index (χ1n) is 19.2. The predicted octanol–water partition coefficient (Wildman–Crippen LogP) is 11.6. The fourth-order valence-corrected chi connectivity index (χ4v) is 4.88. The summed E-state index contributed by atoms with van der Waals surface area (Å²) in [7, 11) is -4.78. The Hall–Kier alpha value is -3.29. The van der Waals surface area contributed by atoms with Crippen molar-refractivity contribution in [1.82, 2.24) is 0 Å². The van der Waals surface area contributed by atoms with E-state index in [9.17, 15) is 14.2 Å². The van der Waals surface area contributed by atoms with Crippen LogP contribution in [0.25, 0.3) is 0 Å². The average Bonchev–Trinajstić information content (AvgIpc) is 3.11. The van der Waals surface area contributed by atoms with E-state index < -0.39 is 32.5 Å². The Labute approximate surface area is 315 Å². The summed E-state index contributed by atoms with van der Waals surface area (Å²) in [6.45, 7) is 3.36. The molecule has 0 rings (SSSR count). The number of carbonyl (C=O) groups excluding carboxylic acids is 2. The lowest BCUT2D eigenvalue weighted by Gasteiger charge is -2.18. The zero-order chi connectivity index (χ0) is 38.2. The number of carbonyl (C=O) groups is 2. The lowest BCUT2D eigenvalue weighted by atomic mass is 10.1. The van der Waals surface area contributed by atoms with Gasteiger partial charge in [-0.3, -0.25) is 14.1 Å². The standard InChI is InChI=1S/C43H67O8P/c1-3-5-7-9-11-13-15-17-19-21-23-25-27-29-31-33-35-37-42(44)49-39-41(40-50-52(46,47)48)51-43(45)38-36-34-32-30-28-26-24-22-20-18-16-14-12-10-8-6-4-2/h5-8,11-14,17-20,23-26,30,32,41H,3-4,9-10,15-16,21-22,27-29,31,33-40H2,1-2H3,(H2,46,47,48)/b7-5-,8-6-,13-11-,14-12-,19-17-,20-18-,25-23-,26-24-,32-30-. The monoisotopic (exact) mass is 742 g/mol. The third-order valence-corrected chi connectivity index (χ3v) is 7.77. The number of unbranched alkanes of at least 4 members (excludes halogenated alkanes) is 5. The Kier molecular flexibility index (Phi) is 35.1. The highest BCUT2D eigenvalue weighted by molar-refractivity contribution is 7.46. The molecule has 0 saturated carbocycles. The van der Waals surface area contributed by atoms with Gasteiger partial charge in [0, 0.05) is 12.8 Å². The van der Waals surface area contributed by atoms with Gasteiger partial charge in [0.15, 0.2) is 6.10 Å². The number of hydrogen-bond acceptors (Lipinski definition) is 6. The number of ether oxygens (including phenoxy) is 2. The molecule has 0 aromatic heterocycles. The number of allylic oxidation sites excluding steroid dienone is 18. The first kappa shape index (κ1) is 48.7. The van der Waals surface area contributed by atoms with Gasteiger partial charge in [-0.25, -0.2) is 4.57 Å². The van der Waals surface area contributed by atoms with Crippen LogP contribution in [0, 0.1) is 0 Å². The van der Waals surface area contributed by atoms with Crippen molar-refractivity contribution in [2.75, 3.05) is 13.2 Å². The predicted molar refractivity (Wildman–Crippen MR) is 216 cm³/mol. The van der Waals surface area contributed by atoms with E-state index in [2.05, 4.69) is 116 Å². The van der Waals surface area contributed by atoms with Gasteiger partial charge in [0.05, 0.1) is 6.61 Å². The van der Waals surface area contributed by atoms with Crippen molar-refractivity contribution >= 4 is 19.8 Å². The third kappa shape index (κ3) is 39.5. The van der Waals surface area contributed by atoms with Crippen molar-refractivity contribution in [2.45, 2.75) is 136 Å². The van der Waals surface area contributed by atoms with Crippen LogP contribution in [0.4, 0.5) is 0 Å². The minimum atomic E-state index is -4.78. The molecule has 8 nitrogen and oxygen atoms in total. The normalized spacial score (nSPS) is 13.7. The molecule has 0 heterocycles. The molecule has 2 N–H and O–H groups in total. The lowest BCUT2D eigenvalue weighted by molar-refractivity contribution is -0.161.